The average molecular weight is 509 g/mol. The number of rotatable bonds is 11. The van der Waals surface area contributed by atoms with Crippen LogP contribution in [0.15, 0.2) is 58.1 Å². The second-order valence-corrected chi connectivity index (χ2v) is 9.11. The molecule has 1 aromatic heterocycles. The first-order chi connectivity index (χ1) is 17.7. The van der Waals surface area contributed by atoms with Crippen LogP contribution in [-0.4, -0.2) is 40.6 Å². The lowest BCUT2D eigenvalue weighted by Crippen LogP contribution is -2.41. The van der Waals surface area contributed by atoms with Gasteiger partial charge in [0.25, 0.3) is 5.56 Å². The summed E-state index contributed by atoms with van der Waals surface area (Å²) in [5.74, 6) is -0.664. The van der Waals surface area contributed by atoms with Gasteiger partial charge in [-0.1, -0.05) is 26.0 Å². The fraction of sp³-hybridized carbons (Fsp3) is 0.370. The molecule has 2 N–H and O–H groups in total. The molecule has 0 aliphatic rings. The maximum atomic E-state index is 13.3. The summed E-state index contributed by atoms with van der Waals surface area (Å²) in [6.45, 7) is 4.45. The third kappa shape index (κ3) is 7.16. The number of methoxy groups -OCH3 is 1. The minimum atomic E-state index is -0.593. The molecule has 0 spiro atoms. The molecule has 0 unspecified atom stereocenters. The third-order valence-electron chi connectivity index (χ3n) is 5.77. The number of aromatic nitrogens is 2. The van der Waals surface area contributed by atoms with Gasteiger partial charge in [-0.3, -0.25) is 23.5 Å². The number of nitrogens with zero attached hydrogens (tertiary/aromatic N) is 2. The average Bonchev–Trinajstić information content (AvgIpc) is 2.89. The van der Waals surface area contributed by atoms with Gasteiger partial charge >= 0.3 is 11.7 Å². The Bertz CT molecular complexity index is 1390. The Morgan fingerprint density at radius 1 is 0.919 bits per heavy atom. The molecule has 0 atom stereocenters. The highest BCUT2D eigenvalue weighted by molar-refractivity contribution is 5.93. The van der Waals surface area contributed by atoms with Gasteiger partial charge in [0.1, 0.15) is 6.54 Å². The van der Waals surface area contributed by atoms with Crippen molar-refractivity contribution in [2.75, 3.05) is 19.0 Å². The molecule has 196 valence electrons. The van der Waals surface area contributed by atoms with Crippen LogP contribution in [-0.2, 0) is 27.4 Å². The number of carbonyl (C=O) groups excluding carboxylic acids is 3. The number of hydrogen-bond acceptors (Lipinski definition) is 6. The number of amides is 2. The quantitative estimate of drug-likeness (QED) is 0.303. The van der Waals surface area contributed by atoms with Crippen molar-refractivity contribution in [2.24, 2.45) is 5.92 Å². The van der Waals surface area contributed by atoms with Crippen molar-refractivity contribution in [3.8, 4) is 0 Å². The van der Waals surface area contributed by atoms with Gasteiger partial charge < -0.3 is 15.4 Å². The number of nitrogens with one attached hydrogen (secondary N) is 2. The number of benzene rings is 2. The SMILES string of the molecule is COC(=O)c1ccc(NC(=O)Cn2c(=O)n(CCCCC(=O)NCC(C)C)c(=O)c3ccccc32)cc1. The molecule has 2 aromatic carbocycles. The number of fused-ring (bicyclic) bond motifs is 1. The second-order valence-electron chi connectivity index (χ2n) is 9.11. The monoisotopic (exact) mass is 508 g/mol. The topological polar surface area (TPSA) is 128 Å². The fourth-order valence-corrected chi connectivity index (χ4v) is 3.83. The molecule has 0 aliphatic heterocycles. The summed E-state index contributed by atoms with van der Waals surface area (Å²) in [6, 6.07) is 12.8. The smallest absolute Gasteiger partial charge is 0.337 e. The van der Waals surface area contributed by atoms with E-state index in [1.807, 2.05) is 13.8 Å². The van der Waals surface area contributed by atoms with E-state index >= 15 is 0 Å². The first-order valence-electron chi connectivity index (χ1n) is 12.2. The van der Waals surface area contributed by atoms with Crippen LogP contribution < -0.4 is 21.9 Å². The predicted molar refractivity (Wildman–Crippen MR) is 141 cm³/mol. The maximum Gasteiger partial charge on any atom is 0.337 e. The zero-order valence-electron chi connectivity index (χ0n) is 21.3. The Kier molecular flexibility index (Phi) is 9.37. The van der Waals surface area contributed by atoms with Gasteiger partial charge in [0.2, 0.25) is 11.8 Å². The molecule has 0 aliphatic carbocycles. The van der Waals surface area contributed by atoms with Crippen LogP contribution in [0.5, 0.6) is 0 Å². The lowest BCUT2D eigenvalue weighted by Gasteiger charge is -2.14. The van der Waals surface area contributed by atoms with Gasteiger partial charge in [0, 0.05) is 25.2 Å². The van der Waals surface area contributed by atoms with Crippen LogP contribution in [0.1, 0.15) is 43.5 Å². The number of esters is 1. The van der Waals surface area contributed by atoms with E-state index in [0.717, 1.165) is 4.57 Å². The lowest BCUT2D eigenvalue weighted by atomic mass is 10.2. The van der Waals surface area contributed by atoms with Gasteiger partial charge in [0.15, 0.2) is 0 Å². The number of para-hydroxylation sites is 1. The summed E-state index contributed by atoms with van der Waals surface area (Å²) in [5, 5.41) is 5.88. The van der Waals surface area contributed by atoms with Gasteiger partial charge in [-0.05, 0) is 55.2 Å². The van der Waals surface area contributed by atoms with Crippen molar-refractivity contribution >= 4 is 34.4 Å². The normalized spacial score (nSPS) is 10.9. The Hall–Kier alpha value is -4.21. The van der Waals surface area contributed by atoms with Crippen LogP contribution in [0.25, 0.3) is 10.9 Å². The first-order valence-corrected chi connectivity index (χ1v) is 12.2. The van der Waals surface area contributed by atoms with Gasteiger partial charge in [0.05, 0.1) is 23.6 Å². The Morgan fingerprint density at radius 3 is 2.30 bits per heavy atom. The fourth-order valence-electron chi connectivity index (χ4n) is 3.83. The molecule has 37 heavy (non-hydrogen) atoms. The van der Waals surface area contributed by atoms with Gasteiger partial charge in [-0.15, -0.1) is 0 Å². The van der Waals surface area contributed by atoms with Crippen molar-refractivity contribution in [3.63, 3.8) is 0 Å². The lowest BCUT2D eigenvalue weighted by molar-refractivity contribution is -0.121. The maximum absolute atomic E-state index is 13.3. The van der Waals surface area contributed by atoms with E-state index in [4.69, 9.17) is 0 Å². The molecule has 3 rings (SSSR count). The molecule has 0 fully saturated rings. The summed E-state index contributed by atoms with van der Waals surface area (Å²) >= 11 is 0. The molecule has 0 saturated heterocycles. The summed E-state index contributed by atoms with van der Waals surface area (Å²) in [4.78, 5) is 62.6. The van der Waals surface area contributed by atoms with E-state index in [0.29, 0.717) is 53.9 Å². The molecule has 0 bridgehead atoms. The summed E-state index contributed by atoms with van der Waals surface area (Å²) in [7, 11) is 1.28. The van der Waals surface area contributed by atoms with Crippen LogP contribution in [0.4, 0.5) is 5.69 Å². The molecular formula is C27H32N4O6. The highest BCUT2D eigenvalue weighted by atomic mass is 16.5. The third-order valence-corrected chi connectivity index (χ3v) is 5.77. The van der Waals surface area contributed by atoms with Gasteiger partial charge in [-0.25, -0.2) is 9.59 Å². The largest absolute Gasteiger partial charge is 0.465 e. The zero-order chi connectivity index (χ0) is 26.9. The van der Waals surface area contributed by atoms with E-state index in [1.54, 1.807) is 36.4 Å². The van der Waals surface area contributed by atoms with Crippen LogP contribution in [0.2, 0.25) is 0 Å². The molecule has 0 saturated carbocycles. The number of carbonyl (C=O) groups is 3. The Morgan fingerprint density at radius 2 is 1.62 bits per heavy atom. The summed E-state index contributed by atoms with van der Waals surface area (Å²) in [6.07, 6.45) is 1.28. The Labute approximate surface area is 214 Å². The molecule has 1 heterocycles. The van der Waals surface area contributed by atoms with Crippen molar-refractivity contribution in [2.45, 2.75) is 46.2 Å². The summed E-state index contributed by atoms with van der Waals surface area (Å²) in [5.41, 5.74) is 0.119. The van der Waals surface area contributed by atoms with E-state index in [9.17, 15) is 24.0 Å². The van der Waals surface area contributed by atoms with E-state index in [-0.39, 0.29) is 19.0 Å². The number of unbranched alkanes of at least 4 members (excludes halogenated alkanes) is 1. The molecular weight excluding hydrogens is 476 g/mol. The number of ether oxygens (including phenoxy) is 1. The molecule has 10 heteroatoms. The molecule has 3 aromatic rings. The predicted octanol–water partition coefficient (Wildman–Crippen LogP) is 2.53. The molecule has 0 radical (unpaired) electrons. The van der Waals surface area contributed by atoms with Crippen molar-refractivity contribution in [1.82, 2.24) is 14.5 Å². The zero-order valence-corrected chi connectivity index (χ0v) is 21.3. The van der Waals surface area contributed by atoms with Crippen LogP contribution >= 0.6 is 0 Å². The van der Waals surface area contributed by atoms with Gasteiger partial charge in [-0.2, -0.15) is 0 Å². The molecule has 2 amide bonds. The van der Waals surface area contributed by atoms with Crippen molar-refractivity contribution in [1.29, 1.82) is 0 Å². The summed E-state index contributed by atoms with van der Waals surface area (Å²) < 4.78 is 7.05. The number of hydrogen-bond donors (Lipinski definition) is 2. The highest BCUT2D eigenvalue weighted by Crippen LogP contribution is 2.12. The minimum absolute atomic E-state index is 0.0618. The van der Waals surface area contributed by atoms with Crippen LogP contribution in [0, 0.1) is 5.92 Å². The van der Waals surface area contributed by atoms with E-state index in [1.165, 1.54) is 23.8 Å². The second kappa shape index (κ2) is 12.7. The highest BCUT2D eigenvalue weighted by Gasteiger charge is 2.16. The number of anilines is 1. The first kappa shape index (κ1) is 27.4. The standard InChI is InChI=1S/C27H32N4O6/c1-18(2)16-28-23(32)10-6-7-15-30-25(34)21-8-4-5-9-22(21)31(27(30)36)17-24(33)29-20-13-11-19(12-14-20)26(35)37-3/h4-5,8-9,11-14,18H,6-7,10,15-17H2,1-3H3,(H,28,32)(H,29,33). The molecule has 10 nitrogen and oxygen atoms in total. The Balaban J connectivity index is 1.75. The van der Waals surface area contributed by atoms with E-state index in [2.05, 4.69) is 15.4 Å². The van der Waals surface area contributed by atoms with Crippen LogP contribution in [0.3, 0.4) is 0 Å². The van der Waals surface area contributed by atoms with E-state index < -0.39 is 23.1 Å². The minimum Gasteiger partial charge on any atom is -0.465 e. The van der Waals surface area contributed by atoms with Crippen molar-refractivity contribution in [3.05, 3.63) is 74.9 Å². The van der Waals surface area contributed by atoms with Crippen molar-refractivity contribution < 1.29 is 19.1 Å².